The van der Waals surface area contributed by atoms with E-state index in [1.165, 1.54) is 12.4 Å². The van der Waals surface area contributed by atoms with Crippen LogP contribution in [0.3, 0.4) is 0 Å². The molecule has 23 heavy (non-hydrogen) atoms. The first-order valence-electron chi connectivity index (χ1n) is 8.49. The molecule has 1 aromatic heterocycles. The van der Waals surface area contributed by atoms with E-state index in [0.29, 0.717) is 24.7 Å². The van der Waals surface area contributed by atoms with Crippen LogP contribution in [-0.2, 0) is 4.79 Å². The van der Waals surface area contributed by atoms with Gasteiger partial charge in [0, 0.05) is 38.6 Å². The van der Waals surface area contributed by atoms with Gasteiger partial charge in [0.15, 0.2) is 0 Å². The summed E-state index contributed by atoms with van der Waals surface area (Å²) in [5, 5.41) is 0. The van der Waals surface area contributed by atoms with Crippen LogP contribution >= 0.6 is 0 Å². The van der Waals surface area contributed by atoms with Crippen LogP contribution in [0.1, 0.15) is 43.1 Å². The summed E-state index contributed by atoms with van der Waals surface area (Å²) in [4.78, 5) is 37.0. The topological polar surface area (TPSA) is 66.4 Å². The summed E-state index contributed by atoms with van der Waals surface area (Å²) in [6, 6.07) is 0. The number of rotatable bonds is 2. The van der Waals surface area contributed by atoms with E-state index >= 15 is 0 Å². The smallest absolute Gasteiger partial charge is 0.274 e. The molecule has 1 aromatic rings. The normalized spacial score (nSPS) is 22.9. The fourth-order valence-electron chi connectivity index (χ4n) is 3.42. The van der Waals surface area contributed by atoms with Gasteiger partial charge in [-0.05, 0) is 31.6 Å². The van der Waals surface area contributed by atoms with Crippen molar-refractivity contribution in [2.24, 2.45) is 11.8 Å². The van der Waals surface area contributed by atoms with Crippen LogP contribution in [-0.4, -0.2) is 57.8 Å². The highest BCUT2D eigenvalue weighted by molar-refractivity contribution is 5.92. The number of likely N-dealkylation sites (tertiary alicyclic amines) is 2. The summed E-state index contributed by atoms with van der Waals surface area (Å²) >= 11 is 0. The van der Waals surface area contributed by atoms with Crippen molar-refractivity contribution in [3.8, 4) is 0 Å². The van der Waals surface area contributed by atoms with Gasteiger partial charge in [0.25, 0.3) is 5.91 Å². The van der Waals surface area contributed by atoms with Crippen molar-refractivity contribution >= 4 is 11.8 Å². The van der Waals surface area contributed by atoms with Gasteiger partial charge in [-0.25, -0.2) is 4.98 Å². The zero-order valence-electron chi connectivity index (χ0n) is 13.6. The van der Waals surface area contributed by atoms with Crippen LogP contribution in [0, 0.1) is 11.8 Å². The van der Waals surface area contributed by atoms with Crippen LogP contribution < -0.4 is 0 Å². The van der Waals surface area contributed by atoms with E-state index in [1.54, 1.807) is 11.1 Å². The summed E-state index contributed by atoms with van der Waals surface area (Å²) in [5.41, 5.74) is 0.354. The van der Waals surface area contributed by atoms with Crippen LogP contribution in [0.5, 0.6) is 0 Å². The Bertz CT molecular complexity index is 555. The molecule has 0 aliphatic carbocycles. The monoisotopic (exact) mass is 316 g/mol. The van der Waals surface area contributed by atoms with Crippen molar-refractivity contribution in [3.05, 3.63) is 24.3 Å². The van der Waals surface area contributed by atoms with Crippen LogP contribution in [0.2, 0.25) is 0 Å². The maximum absolute atomic E-state index is 12.7. The highest BCUT2D eigenvalue weighted by Crippen LogP contribution is 2.23. The molecule has 3 rings (SSSR count). The first-order valence-corrected chi connectivity index (χ1v) is 8.49. The largest absolute Gasteiger partial charge is 0.342 e. The predicted octanol–water partition coefficient (Wildman–Crippen LogP) is 1.59. The predicted molar refractivity (Wildman–Crippen MR) is 85.6 cm³/mol. The summed E-state index contributed by atoms with van der Waals surface area (Å²) < 4.78 is 0. The Morgan fingerprint density at radius 2 is 1.87 bits per heavy atom. The van der Waals surface area contributed by atoms with Gasteiger partial charge in [0.1, 0.15) is 5.69 Å². The highest BCUT2D eigenvalue weighted by atomic mass is 16.2. The van der Waals surface area contributed by atoms with Gasteiger partial charge in [-0.2, -0.15) is 0 Å². The van der Waals surface area contributed by atoms with Crippen molar-refractivity contribution in [2.45, 2.75) is 32.6 Å². The minimum absolute atomic E-state index is 0.0715. The molecule has 0 aromatic carbocycles. The fraction of sp³-hybridized carbons (Fsp3) is 0.647. The molecule has 0 bridgehead atoms. The number of nitrogens with zero attached hydrogens (tertiary/aromatic N) is 4. The minimum Gasteiger partial charge on any atom is -0.342 e. The molecule has 6 heteroatoms. The van der Waals surface area contributed by atoms with Gasteiger partial charge in [-0.15, -0.1) is 0 Å². The molecule has 0 saturated carbocycles. The molecule has 0 radical (unpaired) electrons. The van der Waals surface area contributed by atoms with Gasteiger partial charge >= 0.3 is 0 Å². The first-order chi connectivity index (χ1) is 11.1. The molecule has 0 N–H and O–H groups in total. The van der Waals surface area contributed by atoms with Gasteiger partial charge in [-0.1, -0.05) is 6.92 Å². The van der Waals surface area contributed by atoms with Crippen LogP contribution in [0.15, 0.2) is 18.6 Å². The number of carbonyl (C=O) groups is 2. The standard InChI is InChI=1S/C17H24N4O2/c1-13-4-9-20(10-5-13)16(22)14-3-2-8-21(12-14)17(23)15-11-18-6-7-19-15/h6-7,11,13-14H,2-5,8-10,12H2,1H3/t14-/m1/s1. The third kappa shape index (κ3) is 3.68. The maximum atomic E-state index is 12.7. The SMILES string of the molecule is CC1CCN(C(=O)[C@@H]2CCCN(C(=O)c3cnccn3)C2)CC1. The molecule has 2 aliphatic heterocycles. The van der Waals surface area contributed by atoms with Crippen molar-refractivity contribution in [2.75, 3.05) is 26.2 Å². The van der Waals surface area contributed by atoms with Gasteiger partial charge in [0.2, 0.25) is 5.91 Å². The molecule has 124 valence electrons. The van der Waals surface area contributed by atoms with Crippen LogP contribution in [0.4, 0.5) is 0 Å². The summed E-state index contributed by atoms with van der Waals surface area (Å²) in [5.74, 6) is 0.731. The Labute approximate surface area is 136 Å². The average molecular weight is 316 g/mol. The first kappa shape index (κ1) is 15.9. The fourth-order valence-corrected chi connectivity index (χ4v) is 3.42. The number of hydrogen-bond acceptors (Lipinski definition) is 4. The number of carbonyl (C=O) groups excluding carboxylic acids is 2. The van der Waals surface area contributed by atoms with E-state index in [1.807, 2.05) is 4.90 Å². The Hall–Kier alpha value is -1.98. The lowest BCUT2D eigenvalue weighted by Crippen LogP contribution is -2.48. The molecule has 3 heterocycles. The van der Waals surface area contributed by atoms with Crippen molar-refractivity contribution in [1.29, 1.82) is 0 Å². The minimum atomic E-state index is -0.122. The summed E-state index contributed by atoms with van der Waals surface area (Å²) in [6.07, 6.45) is 8.47. The second kappa shape index (κ2) is 7.06. The van der Waals surface area contributed by atoms with E-state index in [0.717, 1.165) is 38.8 Å². The molecule has 1 atom stereocenters. The van der Waals surface area contributed by atoms with Gasteiger partial charge < -0.3 is 9.80 Å². The molecule has 0 unspecified atom stereocenters. The van der Waals surface area contributed by atoms with E-state index in [-0.39, 0.29) is 17.7 Å². The zero-order chi connectivity index (χ0) is 16.2. The number of hydrogen-bond donors (Lipinski definition) is 0. The van der Waals surface area contributed by atoms with Crippen LogP contribution in [0.25, 0.3) is 0 Å². The molecular weight excluding hydrogens is 292 g/mol. The Balaban J connectivity index is 1.62. The lowest BCUT2D eigenvalue weighted by molar-refractivity contribution is -0.138. The quantitative estimate of drug-likeness (QED) is 0.831. The third-order valence-corrected chi connectivity index (χ3v) is 4.94. The average Bonchev–Trinajstić information content (AvgIpc) is 2.62. The molecule has 0 spiro atoms. The number of piperidine rings is 2. The summed E-state index contributed by atoms with van der Waals surface area (Å²) in [7, 11) is 0. The van der Waals surface area contributed by atoms with Crippen molar-refractivity contribution in [3.63, 3.8) is 0 Å². The van der Waals surface area contributed by atoms with E-state index in [2.05, 4.69) is 16.9 Å². The van der Waals surface area contributed by atoms with Crippen molar-refractivity contribution in [1.82, 2.24) is 19.8 Å². The van der Waals surface area contributed by atoms with E-state index < -0.39 is 0 Å². The third-order valence-electron chi connectivity index (χ3n) is 4.94. The molecule has 2 saturated heterocycles. The number of amides is 2. The molecule has 2 aliphatic rings. The zero-order valence-corrected chi connectivity index (χ0v) is 13.6. The van der Waals surface area contributed by atoms with E-state index in [4.69, 9.17) is 0 Å². The molecule has 2 amide bonds. The molecule has 6 nitrogen and oxygen atoms in total. The van der Waals surface area contributed by atoms with Gasteiger partial charge in [0.05, 0.1) is 12.1 Å². The van der Waals surface area contributed by atoms with Gasteiger partial charge in [-0.3, -0.25) is 14.6 Å². The number of aromatic nitrogens is 2. The summed E-state index contributed by atoms with van der Waals surface area (Å²) in [6.45, 7) is 5.14. The Morgan fingerprint density at radius 1 is 1.09 bits per heavy atom. The second-order valence-corrected chi connectivity index (χ2v) is 6.69. The van der Waals surface area contributed by atoms with E-state index in [9.17, 15) is 9.59 Å². The Kier molecular flexibility index (Phi) is 4.88. The molecular formula is C17H24N4O2. The Morgan fingerprint density at radius 3 is 2.57 bits per heavy atom. The van der Waals surface area contributed by atoms with Crippen molar-refractivity contribution < 1.29 is 9.59 Å². The maximum Gasteiger partial charge on any atom is 0.274 e. The lowest BCUT2D eigenvalue weighted by atomic mass is 9.93. The molecule has 2 fully saturated rings. The second-order valence-electron chi connectivity index (χ2n) is 6.69. The highest BCUT2D eigenvalue weighted by Gasteiger charge is 2.32. The lowest BCUT2D eigenvalue weighted by Gasteiger charge is -2.37.